The van der Waals surface area contributed by atoms with Crippen LogP contribution in [-0.4, -0.2) is 32.4 Å². The van der Waals surface area contributed by atoms with Crippen LogP contribution in [0.5, 0.6) is 0 Å². The molecule has 1 heterocycles. The van der Waals surface area contributed by atoms with Gasteiger partial charge in [0.05, 0.1) is 0 Å². The molecule has 1 saturated carbocycles. The quantitative estimate of drug-likeness (QED) is 0.765. The van der Waals surface area contributed by atoms with Crippen molar-refractivity contribution in [2.75, 3.05) is 6.61 Å². The molecule has 0 bridgehead atoms. The standard InChI is InChI=1S/C16H19NOSe/c1-3-7-13(8-4-1)11-15-12-18-16(19-15)17-14-9-5-2-6-10-14/h1,3-4,7-8,11,14H,2,5-6,9-10,12H2/b15-11+,17-16?. The Labute approximate surface area is 121 Å². The summed E-state index contributed by atoms with van der Waals surface area (Å²) in [5.74, 6) is 0. The molecule has 1 aliphatic heterocycles. The summed E-state index contributed by atoms with van der Waals surface area (Å²) in [6.07, 6.45) is 8.81. The Morgan fingerprint density at radius 3 is 2.68 bits per heavy atom. The number of aliphatic imine (C=N–C) groups is 1. The number of nitrogens with zero attached hydrogens (tertiary/aromatic N) is 1. The van der Waals surface area contributed by atoms with Gasteiger partial charge < -0.3 is 0 Å². The van der Waals surface area contributed by atoms with Gasteiger partial charge in [0.2, 0.25) is 0 Å². The number of ether oxygens (including phenoxy) is 1. The van der Waals surface area contributed by atoms with Gasteiger partial charge in [-0.2, -0.15) is 0 Å². The third-order valence-electron chi connectivity index (χ3n) is 3.55. The molecule has 1 aliphatic carbocycles. The third kappa shape index (κ3) is 3.71. The van der Waals surface area contributed by atoms with Gasteiger partial charge in [0.1, 0.15) is 0 Å². The topological polar surface area (TPSA) is 21.6 Å². The molecular formula is C16H19NOSe. The molecule has 1 aromatic carbocycles. The molecule has 2 nitrogen and oxygen atoms in total. The Bertz CT molecular complexity index is 475. The summed E-state index contributed by atoms with van der Waals surface area (Å²) >= 11 is 0.299. The van der Waals surface area contributed by atoms with Crippen LogP contribution in [0.4, 0.5) is 0 Å². The van der Waals surface area contributed by atoms with Crippen molar-refractivity contribution in [2.45, 2.75) is 38.1 Å². The summed E-state index contributed by atoms with van der Waals surface area (Å²) in [5.41, 5.74) is 1.27. The second-order valence-electron chi connectivity index (χ2n) is 5.10. The van der Waals surface area contributed by atoms with Crippen molar-refractivity contribution in [3.05, 3.63) is 40.4 Å². The number of benzene rings is 1. The van der Waals surface area contributed by atoms with Gasteiger partial charge in [-0.3, -0.25) is 0 Å². The fourth-order valence-corrected chi connectivity index (χ4v) is 4.33. The first-order valence-corrected chi connectivity index (χ1v) is 8.75. The van der Waals surface area contributed by atoms with Crippen molar-refractivity contribution in [1.29, 1.82) is 0 Å². The molecule has 1 aromatic rings. The summed E-state index contributed by atoms with van der Waals surface area (Å²) in [6.45, 7) is 0.737. The first kappa shape index (κ1) is 13.0. The Kier molecular flexibility index (Phi) is 4.37. The second kappa shape index (κ2) is 6.40. The Hall–Kier alpha value is -1.05. The zero-order valence-electron chi connectivity index (χ0n) is 11.0. The van der Waals surface area contributed by atoms with E-state index in [1.165, 1.54) is 42.1 Å². The Morgan fingerprint density at radius 1 is 1.11 bits per heavy atom. The maximum absolute atomic E-state index is 5.75. The van der Waals surface area contributed by atoms with Gasteiger partial charge in [-0.1, -0.05) is 0 Å². The molecule has 0 spiro atoms. The third-order valence-corrected chi connectivity index (χ3v) is 5.43. The molecule has 0 N–H and O–H groups in total. The molecule has 1 saturated heterocycles. The molecule has 2 aliphatic rings. The molecule has 0 amide bonds. The van der Waals surface area contributed by atoms with Crippen LogP contribution in [0.25, 0.3) is 6.08 Å². The average molecular weight is 320 g/mol. The number of rotatable bonds is 2. The van der Waals surface area contributed by atoms with Crippen molar-refractivity contribution in [1.82, 2.24) is 0 Å². The summed E-state index contributed by atoms with van der Waals surface area (Å²) in [4.78, 5) is 5.82. The van der Waals surface area contributed by atoms with Gasteiger partial charge in [0.25, 0.3) is 0 Å². The van der Waals surface area contributed by atoms with Crippen LogP contribution >= 0.6 is 0 Å². The van der Waals surface area contributed by atoms with E-state index in [1.54, 1.807) is 0 Å². The predicted octanol–water partition coefficient (Wildman–Crippen LogP) is 3.45. The first-order chi connectivity index (χ1) is 9.40. The van der Waals surface area contributed by atoms with Crippen molar-refractivity contribution < 1.29 is 4.74 Å². The molecule has 0 atom stereocenters. The zero-order chi connectivity index (χ0) is 12.9. The van der Waals surface area contributed by atoms with Crippen LogP contribution in [0, 0.1) is 0 Å². The SMILES string of the molecule is C(=C1/COC(=NC2CCCCC2)[Se]1)/c1ccccc1. The molecular weight excluding hydrogens is 301 g/mol. The molecule has 3 rings (SSSR count). The molecule has 3 heteroatoms. The number of hydrogen-bond acceptors (Lipinski definition) is 2. The van der Waals surface area contributed by atoms with E-state index in [-0.39, 0.29) is 0 Å². The van der Waals surface area contributed by atoms with Gasteiger partial charge in [0, 0.05) is 0 Å². The van der Waals surface area contributed by atoms with E-state index >= 15 is 0 Å². The van der Waals surface area contributed by atoms with Crippen LogP contribution in [0.3, 0.4) is 0 Å². The van der Waals surface area contributed by atoms with Gasteiger partial charge in [-0.15, -0.1) is 0 Å². The van der Waals surface area contributed by atoms with E-state index in [2.05, 4.69) is 30.3 Å². The summed E-state index contributed by atoms with van der Waals surface area (Å²) in [7, 11) is 0. The average Bonchev–Trinajstić information content (AvgIpc) is 2.88. The predicted molar refractivity (Wildman–Crippen MR) is 80.4 cm³/mol. The zero-order valence-corrected chi connectivity index (χ0v) is 12.8. The monoisotopic (exact) mass is 321 g/mol. The summed E-state index contributed by atoms with van der Waals surface area (Å²) < 4.78 is 7.15. The molecule has 0 aromatic heterocycles. The summed E-state index contributed by atoms with van der Waals surface area (Å²) in [6, 6.07) is 11.0. The minimum atomic E-state index is 0.299. The fourth-order valence-electron chi connectivity index (χ4n) is 2.53. The van der Waals surface area contributed by atoms with Crippen molar-refractivity contribution >= 4 is 25.8 Å². The van der Waals surface area contributed by atoms with E-state index in [0.29, 0.717) is 21.0 Å². The minimum absolute atomic E-state index is 0.299. The second-order valence-corrected chi connectivity index (χ2v) is 7.36. The van der Waals surface area contributed by atoms with E-state index < -0.39 is 0 Å². The first-order valence-electron chi connectivity index (χ1n) is 7.04. The number of hydrogen-bond donors (Lipinski definition) is 0. The van der Waals surface area contributed by atoms with Crippen LogP contribution in [-0.2, 0) is 4.74 Å². The van der Waals surface area contributed by atoms with Crippen LogP contribution in [0.15, 0.2) is 39.8 Å². The summed E-state index contributed by atoms with van der Waals surface area (Å²) in [5, 5.41) is 0. The van der Waals surface area contributed by atoms with Crippen LogP contribution < -0.4 is 0 Å². The van der Waals surface area contributed by atoms with Crippen molar-refractivity contribution in [3.63, 3.8) is 0 Å². The van der Waals surface area contributed by atoms with Crippen LogP contribution in [0.2, 0.25) is 0 Å². The molecule has 0 radical (unpaired) electrons. The fraction of sp³-hybridized carbons (Fsp3) is 0.438. The Balaban J connectivity index is 1.63. The van der Waals surface area contributed by atoms with Crippen molar-refractivity contribution in [3.8, 4) is 0 Å². The normalized spacial score (nSPS) is 24.8. The van der Waals surface area contributed by atoms with E-state index in [4.69, 9.17) is 9.73 Å². The van der Waals surface area contributed by atoms with Gasteiger partial charge >= 0.3 is 121 Å². The molecule has 2 fully saturated rings. The van der Waals surface area contributed by atoms with E-state index in [1.807, 2.05) is 6.07 Å². The molecule has 100 valence electrons. The molecule has 0 unspecified atom stereocenters. The van der Waals surface area contributed by atoms with Gasteiger partial charge in [0.15, 0.2) is 0 Å². The van der Waals surface area contributed by atoms with E-state index in [0.717, 1.165) is 11.4 Å². The van der Waals surface area contributed by atoms with Gasteiger partial charge in [-0.05, 0) is 0 Å². The van der Waals surface area contributed by atoms with Crippen molar-refractivity contribution in [2.24, 2.45) is 4.99 Å². The Morgan fingerprint density at radius 2 is 1.89 bits per heavy atom. The van der Waals surface area contributed by atoms with Crippen LogP contribution in [0.1, 0.15) is 37.7 Å². The van der Waals surface area contributed by atoms with E-state index in [9.17, 15) is 0 Å². The van der Waals surface area contributed by atoms with Gasteiger partial charge in [-0.25, -0.2) is 0 Å². The molecule has 19 heavy (non-hydrogen) atoms. The maximum atomic E-state index is 5.75.